The summed E-state index contributed by atoms with van der Waals surface area (Å²) in [5, 5.41) is 8.84. The predicted octanol–water partition coefficient (Wildman–Crippen LogP) is 5.06. The summed E-state index contributed by atoms with van der Waals surface area (Å²) in [7, 11) is 0. The maximum Gasteiger partial charge on any atom is 0.304 e. The van der Waals surface area contributed by atoms with Gasteiger partial charge in [-0.3, -0.25) is 4.79 Å². The van der Waals surface area contributed by atoms with Crippen LogP contribution in [-0.2, 0) is 4.79 Å². The maximum atomic E-state index is 10.8. The average Bonchev–Trinajstić information content (AvgIpc) is 2.08. The quantitative estimate of drug-likeness (QED) is 0.692. The predicted molar refractivity (Wildman–Crippen MR) is 92.2 cm³/mol. The molecule has 0 bridgehead atoms. The Labute approximate surface area is 131 Å². The lowest BCUT2D eigenvalue weighted by Crippen LogP contribution is -2.21. The van der Waals surface area contributed by atoms with Gasteiger partial charge in [-0.2, -0.15) is 0 Å². The summed E-state index contributed by atoms with van der Waals surface area (Å²) < 4.78 is 0.524. The summed E-state index contributed by atoms with van der Waals surface area (Å²) >= 11 is 8.53. The number of thiocarbonyl (C=S) groups is 1. The maximum absolute atomic E-state index is 10.8. The number of carboxylic acid groups (broad SMARTS) is 1. The van der Waals surface area contributed by atoms with E-state index in [9.17, 15) is 4.79 Å². The molecule has 19 heavy (non-hydrogen) atoms. The molecule has 0 radical (unpaired) electrons. The summed E-state index contributed by atoms with van der Waals surface area (Å²) in [6.45, 7) is 12.8. The normalized spacial score (nSPS) is 14.2. The molecule has 0 aromatic heterocycles. The molecule has 5 heteroatoms. The van der Waals surface area contributed by atoms with Gasteiger partial charge < -0.3 is 5.11 Å². The van der Waals surface area contributed by atoms with Gasteiger partial charge in [-0.05, 0) is 31.6 Å². The van der Waals surface area contributed by atoms with Crippen molar-refractivity contribution in [1.29, 1.82) is 0 Å². The molecule has 1 unspecified atom stereocenters. The van der Waals surface area contributed by atoms with Crippen LogP contribution in [0.2, 0.25) is 0 Å². The van der Waals surface area contributed by atoms with Crippen molar-refractivity contribution in [3.05, 3.63) is 0 Å². The van der Waals surface area contributed by atoms with Gasteiger partial charge in [0.1, 0.15) is 3.53 Å². The van der Waals surface area contributed by atoms with Crippen molar-refractivity contribution in [3.8, 4) is 0 Å². The molecule has 0 aliphatic carbocycles. The van der Waals surface area contributed by atoms with Gasteiger partial charge in [0.15, 0.2) is 0 Å². The van der Waals surface area contributed by atoms with Crippen LogP contribution in [0.15, 0.2) is 0 Å². The number of rotatable bonds is 6. The number of thioether (sulfide) groups is 2. The van der Waals surface area contributed by atoms with Gasteiger partial charge in [-0.25, -0.2) is 0 Å². The van der Waals surface area contributed by atoms with Gasteiger partial charge in [0, 0.05) is 10.5 Å². The number of carboxylic acids is 1. The van der Waals surface area contributed by atoms with Gasteiger partial charge in [-0.1, -0.05) is 39.9 Å². The standard InChI is InChI=1S/C14H26O2S3/c1-10(7-13(2,3)4)9-18-12(17)19-14(5,6)8-11(15)16/h10H,7-9H2,1-6H3,(H,15,16). The molecule has 0 aliphatic heterocycles. The zero-order chi connectivity index (χ0) is 15.3. The Hall–Kier alpha value is 0.260. The third kappa shape index (κ3) is 11.8. The van der Waals surface area contributed by atoms with Crippen LogP contribution in [0.25, 0.3) is 0 Å². The lowest BCUT2D eigenvalue weighted by molar-refractivity contribution is -0.137. The van der Waals surface area contributed by atoms with Crippen LogP contribution in [0, 0.1) is 11.3 Å². The van der Waals surface area contributed by atoms with E-state index in [0.717, 1.165) is 9.28 Å². The molecule has 0 saturated heterocycles. The minimum atomic E-state index is -0.772. The first-order valence-electron chi connectivity index (χ1n) is 6.49. The van der Waals surface area contributed by atoms with E-state index in [1.807, 2.05) is 13.8 Å². The molecule has 0 aromatic carbocycles. The number of hydrogen-bond donors (Lipinski definition) is 1. The molecular weight excluding hydrogens is 296 g/mol. The highest BCUT2D eigenvalue weighted by atomic mass is 32.2. The van der Waals surface area contributed by atoms with Crippen LogP contribution >= 0.6 is 35.7 Å². The van der Waals surface area contributed by atoms with E-state index in [-0.39, 0.29) is 11.2 Å². The average molecular weight is 323 g/mol. The fraction of sp³-hybridized carbons (Fsp3) is 0.857. The highest BCUT2D eigenvalue weighted by molar-refractivity contribution is 8.47. The molecule has 0 fully saturated rings. The molecule has 0 spiro atoms. The molecule has 0 aliphatic rings. The molecule has 0 rings (SSSR count). The molecule has 0 saturated carbocycles. The first-order chi connectivity index (χ1) is 8.41. The summed E-state index contributed by atoms with van der Waals surface area (Å²) in [4.78, 5) is 10.8. The van der Waals surface area contributed by atoms with Crippen LogP contribution < -0.4 is 0 Å². The zero-order valence-corrected chi connectivity index (χ0v) is 15.2. The molecule has 112 valence electrons. The van der Waals surface area contributed by atoms with E-state index >= 15 is 0 Å². The monoisotopic (exact) mass is 322 g/mol. The second kappa shape index (κ2) is 7.89. The van der Waals surface area contributed by atoms with Crippen molar-refractivity contribution in [1.82, 2.24) is 0 Å². The van der Waals surface area contributed by atoms with E-state index in [2.05, 4.69) is 27.7 Å². The molecule has 1 atom stereocenters. The lowest BCUT2D eigenvalue weighted by Gasteiger charge is -2.24. The van der Waals surface area contributed by atoms with Crippen LogP contribution in [0.4, 0.5) is 0 Å². The molecule has 2 nitrogen and oxygen atoms in total. The van der Waals surface area contributed by atoms with E-state index in [0.29, 0.717) is 11.3 Å². The van der Waals surface area contributed by atoms with Crippen LogP contribution in [0.5, 0.6) is 0 Å². The molecule has 1 N–H and O–H groups in total. The third-order valence-electron chi connectivity index (χ3n) is 2.38. The van der Waals surface area contributed by atoms with Crippen molar-refractivity contribution in [3.63, 3.8) is 0 Å². The largest absolute Gasteiger partial charge is 0.481 e. The topological polar surface area (TPSA) is 37.3 Å². The Morgan fingerprint density at radius 1 is 1.26 bits per heavy atom. The Morgan fingerprint density at radius 2 is 1.79 bits per heavy atom. The lowest BCUT2D eigenvalue weighted by atomic mass is 9.86. The Bertz CT molecular complexity index is 319. The first-order valence-corrected chi connectivity index (χ1v) is 8.70. The van der Waals surface area contributed by atoms with Crippen molar-refractivity contribution < 1.29 is 9.90 Å². The van der Waals surface area contributed by atoms with E-state index in [4.69, 9.17) is 17.3 Å². The first kappa shape index (κ1) is 19.3. The zero-order valence-electron chi connectivity index (χ0n) is 12.8. The summed E-state index contributed by atoms with van der Waals surface area (Å²) in [6.07, 6.45) is 1.31. The van der Waals surface area contributed by atoms with Crippen molar-refractivity contribution in [2.24, 2.45) is 11.3 Å². The van der Waals surface area contributed by atoms with Crippen molar-refractivity contribution in [2.45, 2.75) is 59.1 Å². The summed E-state index contributed by atoms with van der Waals surface area (Å²) in [5.74, 6) is 0.851. The molecular formula is C14H26O2S3. The number of hydrogen-bond acceptors (Lipinski definition) is 4. The van der Waals surface area contributed by atoms with E-state index in [1.54, 1.807) is 11.8 Å². The second-order valence-electron chi connectivity index (χ2n) is 6.86. The van der Waals surface area contributed by atoms with Crippen LogP contribution in [0.3, 0.4) is 0 Å². The number of aliphatic carboxylic acids is 1. The molecule has 0 heterocycles. The van der Waals surface area contributed by atoms with Gasteiger partial charge >= 0.3 is 5.97 Å². The summed E-state index contributed by atoms with van der Waals surface area (Å²) in [6, 6.07) is 0. The third-order valence-corrected chi connectivity index (χ3v) is 5.43. The fourth-order valence-electron chi connectivity index (χ4n) is 1.97. The summed E-state index contributed by atoms with van der Waals surface area (Å²) in [5.41, 5.74) is 0.345. The fourth-order valence-corrected chi connectivity index (χ4v) is 5.15. The van der Waals surface area contributed by atoms with Crippen LogP contribution in [-0.4, -0.2) is 25.1 Å². The molecule has 0 aromatic rings. The van der Waals surface area contributed by atoms with Gasteiger partial charge in [0.2, 0.25) is 0 Å². The highest BCUT2D eigenvalue weighted by Crippen LogP contribution is 2.35. The van der Waals surface area contributed by atoms with Gasteiger partial charge in [0.25, 0.3) is 0 Å². The molecule has 0 amide bonds. The number of carbonyl (C=O) groups is 1. The van der Waals surface area contributed by atoms with Crippen molar-refractivity contribution >= 4 is 45.2 Å². The minimum absolute atomic E-state index is 0.135. The van der Waals surface area contributed by atoms with Crippen molar-refractivity contribution in [2.75, 3.05) is 5.75 Å². The Kier molecular flexibility index (Phi) is 8.00. The van der Waals surface area contributed by atoms with Crippen LogP contribution in [0.1, 0.15) is 54.4 Å². The minimum Gasteiger partial charge on any atom is -0.481 e. The van der Waals surface area contributed by atoms with E-state index in [1.165, 1.54) is 18.2 Å². The second-order valence-corrected chi connectivity index (χ2v) is 10.8. The van der Waals surface area contributed by atoms with Gasteiger partial charge in [0.05, 0.1) is 6.42 Å². The highest BCUT2D eigenvalue weighted by Gasteiger charge is 2.25. The smallest absolute Gasteiger partial charge is 0.304 e. The SMILES string of the molecule is CC(CSC(=S)SC(C)(C)CC(=O)O)CC(C)(C)C. The Morgan fingerprint density at radius 3 is 2.21 bits per heavy atom. The van der Waals surface area contributed by atoms with E-state index < -0.39 is 5.97 Å². The Balaban J connectivity index is 4.09. The van der Waals surface area contributed by atoms with Gasteiger partial charge in [-0.15, -0.1) is 23.5 Å².